The molecule has 0 aliphatic carbocycles. The van der Waals surface area contributed by atoms with Gasteiger partial charge in [0.2, 0.25) is 0 Å². The third kappa shape index (κ3) is 3.82. The van der Waals surface area contributed by atoms with Crippen LogP contribution in [0.15, 0.2) is 48.5 Å². The predicted octanol–water partition coefficient (Wildman–Crippen LogP) is 3.08. The van der Waals surface area contributed by atoms with Gasteiger partial charge < -0.3 is 14.6 Å². The lowest BCUT2D eigenvalue weighted by molar-refractivity contribution is -0.136. The Morgan fingerprint density at radius 3 is 2.59 bits per heavy atom. The SMILES string of the molecule is N#Cc1cc(C2(O)CC3COCC(C2)N3C(=O)OCc2ccccc2)ccc1F. The van der Waals surface area contributed by atoms with E-state index in [9.17, 15) is 14.3 Å². The molecule has 29 heavy (non-hydrogen) atoms. The summed E-state index contributed by atoms with van der Waals surface area (Å²) in [5.41, 5.74) is -0.00736. The fraction of sp³-hybridized carbons (Fsp3) is 0.364. The molecule has 0 saturated carbocycles. The minimum absolute atomic E-state index is 0.109. The highest BCUT2D eigenvalue weighted by atomic mass is 19.1. The molecular formula is C22H21FN2O4. The highest BCUT2D eigenvalue weighted by Gasteiger charge is 2.49. The second-order valence-corrected chi connectivity index (χ2v) is 7.54. The van der Waals surface area contributed by atoms with Gasteiger partial charge >= 0.3 is 6.09 Å². The third-order valence-corrected chi connectivity index (χ3v) is 5.59. The molecule has 1 amide bonds. The minimum atomic E-state index is -1.27. The average molecular weight is 396 g/mol. The van der Waals surface area contributed by atoms with Gasteiger partial charge in [-0.05, 0) is 23.3 Å². The van der Waals surface area contributed by atoms with E-state index in [0.29, 0.717) is 5.56 Å². The molecule has 2 aromatic carbocycles. The molecule has 0 spiro atoms. The monoisotopic (exact) mass is 396 g/mol. The number of rotatable bonds is 3. The smallest absolute Gasteiger partial charge is 0.410 e. The Kier molecular flexibility index (Phi) is 5.22. The van der Waals surface area contributed by atoms with Crippen LogP contribution in [0, 0.1) is 17.1 Å². The number of nitriles is 1. The van der Waals surface area contributed by atoms with Gasteiger partial charge in [0, 0.05) is 12.8 Å². The van der Waals surface area contributed by atoms with Gasteiger partial charge in [-0.3, -0.25) is 4.90 Å². The number of aliphatic hydroxyl groups is 1. The van der Waals surface area contributed by atoms with Gasteiger partial charge in [-0.15, -0.1) is 0 Å². The van der Waals surface area contributed by atoms with Crippen molar-refractivity contribution in [2.75, 3.05) is 13.2 Å². The van der Waals surface area contributed by atoms with Crippen molar-refractivity contribution in [3.63, 3.8) is 0 Å². The zero-order valence-corrected chi connectivity index (χ0v) is 15.8. The molecule has 2 aliphatic heterocycles. The van der Waals surface area contributed by atoms with Crippen molar-refractivity contribution in [1.82, 2.24) is 4.90 Å². The lowest BCUT2D eigenvalue weighted by Crippen LogP contribution is -2.62. The summed E-state index contributed by atoms with van der Waals surface area (Å²) in [6, 6.07) is 14.6. The summed E-state index contributed by atoms with van der Waals surface area (Å²) >= 11 is 0. The van der Waals surface area contributed by atoms with Crippen molar-refractivity contribution in [1.29, 1.82) is 5.26 Å². The van der Waals surface area contributed by atoms with Gasteiger partial charge in [-0.25, -0.2) is 9.18 Å². The Balaban J connectivity index is 1.51. The van der Waals surface area contributed by atoms with Crippen LogP contribution in [-0.4, -0.2) is 41.4 Å². The number of amides is 1. The van der Waals surface area contributed by atoms with Gasteiger partial charge in [0.25, 0.3) is 0 Å². The van der Waals surface area contributed by atoms with Crippen LogP contribution in [0.1, 0.15) is 29.5 Å². The summed E-state index contributed by atoms with van der Waals surface area (Å²) < 4.78 is 24.8. The fourth-order valence-electron chi connectivity index (χ4n) is 4.20. The Labute approximate surface area is 168 Å². The Morgan fingerprint density at radius 2 is 1.93 bits per heavy atom. The van der Waals surface area contributed by atoms with Crippen LogP contribution in [0.3, 0.4) is 0 Å². The number of halogens is 1. The molecule has 2 bridgehead atoms. The van der Waals surface area contributed by atoms with E-state index in [1.165, 1.54) is 18.2 Å². The predicted molar refractivity (Wildman–Crippen MR) is 101 cm³/mol. The standard InChI is InChI=1S/C22H21FN2O4/c23-20-7-6-17(8-16(20)11-24)22(27)9-18-13-28-14-19(10-22)25(18)21(26)29-12-15-4-2-1-3-5-15/h1-8,18-19,27H,9-10,12-14H2. The number of carbonyl (C=O) groups excluding carboxylic acids is 1. The van der Waals surface area contributed by atoms with Crippen LogP contribution in [-0.2, 0) is 21.7 Å². The van der Waals surface area contributed by atoms with Crippen molar-refractivity contribution < 1.29 is 23.8 Å². The van der Waals surface area contributed by atoms with Crippen LogP contribution in [0.4, 0.5) is 9.18 Å². The Morgan fingerprint density at radius 1 is 1.24 bits per heavy atom. The maximum absolute atomic E-state index is 13.7. The van der Waals surface area contributed by atoms with E-state index in [4.69, 9.17) is 14.7 Å². The molecule has 2 fully saturated rings. The molecule has 2 atom stereocenters. The molecule has 6 nitrogen and oxygen atoms in total. The number of carbonyl (C=O) groups is 1. The summed E-state index contributed by atoms with van der Waals surface area (Å²) in [5.74, 6) is -0.620. The molecule has 150 valence electrons. The molecule has 2 aromatic rings. The molecule has 4 rings (SSSR count). The Bertz CT molecular complexity index is 930. The van der Waals surface area contributed by atoms with Gasteiger partial charge in [-0.1, -0.05) is 36.4 Å². The van der Waals surface area contributed by atoms with Crippen LogP contribution >= 0.6 is 0 Å². The first-order valence-electron chi connectivity index (χ1n) is 9.49. The molecule has 2 saturated heterocycles. The quantitative estimate of drug-likeness (QED) is 0.862. The molecule has 0 aromatic heterocycles. The third-order valence-electron chi connectivity index (χ3n) is 5.59. The van der Waals surface area contributed by atoms with Crippen LogP contribution in [0.2, 0.25) is 0 Å². The summed E-state index contributed by atoms with van der Waals surface area (Å²) in [4.78, 5) is 14.4. The highest BCUT2D eigenvalue weighted by Crippen LogP contribution is 2.41. The average Bonchev–Trinajstić information content (AvgIpc) is 2.72. The summed E-state index contributed by atoms with van der Waals surface area (Å²) in [6.07, 6.45) is 0.00645. The van der Waals surface area contributed by atoms with Gasteiger partial charge in [0.15, 0.2) is 0 Å². The number of morpholine rings is 1. The molecule has 7 heteroatoms. The number of benzene rings is 2. The van der Waals surface area contributed by atoms with Crippen molar-refractivity contribution in [2.24, 2.45) is 0 Å². The number of hydrogen-bond acceptors (Lipinski definition) is 5. The normalized spacial score (nSPS) is 25.9. The topological polar surface area (TPSA) is 82.8 Å². The number of nitrogens with zero attached hydrogens (tertiary/aromatic N) is 2. The van der Waals surface area contributed by atoms with Gasteiger partial charge in [0.1, 0.15) is 18.5 Å². The number of hydrogen-bond donors (Lipinski definition) is 1. The summed E-state index contributed by atoms with van der Waals surface area (Å²) in [6.45, 7) is 0.737. The first-order chi connectivity index (χ1) is 14.0. The van der Waals surface area contributed by atoms with Crippen LogP contribution < -0.4 is 0 Å². The van der Waals surface area contributed by atoms with Crippen molar-refractivity contribution in [2.45, 2.75) is 37.1 Å². The lowest BCUT2D eigenvalue weighted by Gasteiger charge is -2.51. The first kappa shape index (κ1) is 19.4. The molecule has 2 heterocycles. The number of ether oxygens (including phenoxy) is 2. The van der Waals surface area contributed by atoms with Crippen molar-refractivity contribution in [3.8, 4) is 6.07 Å². The molecular weight excluding hydrogens is 375 g/mol. The maximum Gasteiger partial charge on any atom is 0.410 e. The van der Waals surface area contributed by atoms with E-state index in [0.717, 1.165) is 5.56 Å². The highest BCUT2D eigenvalue weighted by molar-refractivity contribution is 5.69. The lowest BCUT2D eigenvalue weighted by atomic mass is 9.76. The van der Waals surface area contributed by atoms with Gasteiger partial charge in [-0.2, -0.15) is 5.26 Å². The summed E-state index contributed by atoms with van der Waals surface area (Å²) in [7, 11) is 0. The van der Waals surface area contributed by atoms with E-state index in [-0.39, 0.29) is 50.3 Å². The molecule has 0 radical (unpaired) electrons. The largest absolute Gasteiger partial charge is 0.445 e. The second kappa shape index (κ2) is 7.82. The zero-order chi connectivity index (χ0) is 20.4. The van der Waals surface area contributed by atoms with E-state index in [2.05, 4.69) is 0 Å². The van der Waals surface area contributed by atoms with Crippen LogP contribution in [0.5, 0.6) is 0 Å². The molecule has 1 N–H and O–H groups in total. The molecule has 2 unspecified atom stereocenters. The minimum Gasteiger partial charge on any atom is -0.445 e. The molecule has 2 aliphatic rings. The van der Waals surface area contributed by atoms with Crippen molar-refractivity contribution >= 4 is 6.09 Å². The van der Waals surface area contributed by atoms with E-state index in [1.54, 1.807) is 11.0 Å². The zero-order valence-electron chi connectivity index (χ0n) is 15.8. The first-order valence-corrected chi connectivity index (χ1v) is 9.49. The summed E-state index contributed by atoms with van der Waals surface area (Å²) in [5, 5.41) is 20.4. The van der Waals surface area contributed by atoms with E-state index < -0.39 is 17.5 Å². The fourth-order valence-corrected chi connectivity index (χ4v) is 4.20. The number of fused-ring (bicyclic) bond motifs is 2. The van der Waals surface area contributed by atoms with Gasteiger partial charge in [0.05, 0.1) is 36.5 Å². The maximum atomic E-state index is 13.7. The Hall–Kier alpha value is -2.95. The van der Waals surface area contributed by atoms with E-state index >= 15 is 0 Å². The van der Waals surface area contributed by atoms with E-state index in [1.807, 2.05) is 30.3 Å². The number of piperidine rings is 1. The van der Waals surface area contributed by atoms with Crippen molar-refractivity contribution in [3.05, 3.63) is 71.0 Å². The van der Waals surface area contributed by atoms with Crippen LogP contribution in [0.25, 0.3) is 0 Å². The second-order valence-electron chi connectivity index (χ2n) is 7.54.